The Balaban J connectivity index is 2.88. The van der Waals surface area contributed by atoms with Crippen LogP contribution < -0.4 is 0 Å². The molecule has 0 atom stereocenters. The highest BCUT2D eigenvalue weighted by Crippen LogP contribution is 1.99. The first-order valence-corrected chi connectivity index (χ1v) is 2.88. The molecule has 0 aromatic carbocycles. The van der Waals surface area contributed by atoms with Crippen molar-refractivity contribution in [1.29, 1.82) is 0 Å². The van der Waals surface area contributed by atoms with Gasteiger partial charge in [-0.15, -0.1) is 0 Å². The molecule has 2 aromatic rings. The molecule has 0 radical (unpaired) electrons. The number of fused-ring (bicyclic) bond motifs is 1. The largest absolute Gasteiger partial charge is 0.276 e. The van der Waals surface area contributed by atoms with Crippen molar-refractivity contribution < 1.29 is 4.79 Å². The summed E-state index contributed by atoms with van der Waals surface area (Å²) in [5.41, 5.74) is 0.923. The lowest BCUT2D eigenvalue weighted by Gasteiger charge is -1.88. The first-order chi connectivity index (χ1) is 4.92. The molecular formula is C6H5N3O. The summed E-state index contributed by atoms with van der Waals surface area (Å²) in [5, 5.41) is 3.90. The summed E-state index contributed by atoms with van der Waals surface area (Å²) in [6.07, 6.45) is 4.02. The average Bonchev–Trinajstić information content (AvgIpc) is 2.44. The molecular weight excluding hydrogens is 130 g/mol. The zero-order valence-electron chi connectivity index (χ0n) is 5.14. The molecule has 50 valence electrons. The van der Waals surface area contributed by atoms with Crippen molar-refractivity contribution >= 4 is 11.9 Å². The predicted octanol–water partition coefficient (Wildman–Crippen LogP) is 0.174. The number of carbonyl (C=O) groups excluding carboxylic acids is 1. The van der Waals surface area contributed by atoms with Crippen LogP contribution in [0, 0.1) is 0 Å². The summed E-state index contributed by atoms with van der Waals surface area (Å²) in [5.74, 6) is 0. The number of hydrogen-bond donors (Lipinski definition) is 0. The van der Waals surface area contributed by atoms with Crippen LogP contribution in [0.4, 0.5) is 0 Å². The maximum absolute atomic E-state index is 10.3. The zero-order valence-corrected chi connectivity index (χ0v) is 5.14. The zero-order chi connectivity index (χ0) is 6.97. The van der Waals surface area contributed by atoms with E-state index in [1.54, 1.807) is 12.4 Å². The first kappa shape index (κ1) is 5.22. The SMILES string of the molecule is O=Cn1ccc2ccnn21. The molecule has 0 N–H and O–H groups in total. The van der Waals surface area contributed by atoms with Crippen molar-refractivity contribution in [2.24, 2.45) is 0 Å². The minimum absolute atomic E-state index is 0.708. The van der Waals surface area contributed by atoms with Gasteiger partial charge in [-0.25, -0.2) is 4.68 Å². The van der Waals surface area contributed by atoms with Crippen LogP contribution in [0.5, 0.6) is 0 Å². The summed E-state index contributed by atoms with van der Waals surface area (Å²) in [6, 6.07) is 3.65. The van der Waals surface area contributed by atoms with Gasteiger partial charge < -0.3 is 0 Å². The third kappa shape index (κ3) is 0.500. The van der Waals surface area contributed by atoms with Gasteiger partial charge in [0.05, 0.1) is 11.7 Å². The van der Waals surface area contributed by atoms with Crippen LogP contribution in [-0.4, -0.2) is 20.8 Å². The van der Waals surface area contributed by atoms with Gasteiger partial charge in [-0.2, -0.15) is 9.73 Å². The number of nitrogens with zero attached hydrogens (tertiary/aromatic N) is 3. The third-order valence-corrected chi connectivity index (χ3v) is 1.38. The quantitative estimate of drug-likeness (QED) is 0.523. The predicted molar refractivity (Wildman–Crippen MR) is 35.3 cm³/mol. The summed E-state index contributed by atoms with van der Waals surface area (Å²) in [7, 11) is 0. The van der Waals surface area contributed by atoms with E-state index in [1.807, 2.05) is 12.1 Å². The van der Waals surface area contributed by atoms with Gasteiger partial charge in [0.25, 0.3) is 0 Å². The van der Waals surface area contributed by atoms with E-state index in [-0.39, 0.29) is 0 Å². The molecule has 0 saturated heterocycles. The van der Waals surface area contributed by atoms with Crippen molar-refractivity contribution in [1.82, 2.24) is 14.4 Å². The maximum atomic E-state index is 10.3. The highest BCUT2D eigenvalue weighted by atomic mass is 16.1. The summed E-state index contributed by atoms with van der Waals surface area (Å²) < 4.78 is 2.89. The highest BCUT2D eigenvalue weighted by Gasteiger charge is 1.95. The van der Waals surface area contributed by atoms with E-state index in [0.29, 0.717) is 6.41 Å². The van der Waals surface area contributed by atoms with Crippen molar-refractivity contribution in [2.75, 3.05) is 0 Å². The van der Waals surface area contributed by atoms with Crippen molar-refractivity contribution in [3.8, 4) is 0 Å². The van der Waals surface area contributed by atoms with Gasteiger partial charge in [0.2, 0.25) is 6.41 Å². The Labute approximate surface area is 56.7 Å². The number of aromatic nitrogens is 3. The molecule has 0 bridgehead atoms. The smallest absolute Gasteiger partial charge is 0.234 e. The fourth-order valence-corrected chi connectivity index (χ4v) is 0.917. The normalized spacial score (nSPS) is 10.4. The molecule has 0 saturated carbocycles. The van der Waals surface area contributed by atoms with Crippen LogP contribution in [0.1, 0.15) is 0 Å². The van der Waals surface area contributed by atoms with Gasteiger partial charge in [0, 0.05) is 6.20 Å². The van der Waals surface area contributed by atoms with E-state index in [4.69, 9.17) is 0 Å². The van der Waals surface area contributed by atoms with Crippen LogP contribution in [0.3, 0.4) is 0 Å². The molecule has 0 fully saturated rings. The van der Waals surface area contributed by atoms with Gasteiger partial charge >= 0.3 is 0 Å². The molecule has 10 heavy (non-hydrogen) atoms. The van der Waals surface area contributed by atoms with E-state index in [0.717, 1.165) is 5.52 Å². The monoisotopic (exact) mass is 135 g/mol. The van der Waals surface area contributed by atoms with Gasteiger partial charge in [-0.05, 0) is 12.1 Å². The number of hydrogen-bond acceptors (Lipinski definition) is 2. The number of carbonyl (C=O) groups is 1. The van der Waals surface area contributed by atoms with Gasteiger partial charge in [-0.3, -0.25) is 4.79 Å². The fourth-order valence-electron chi connectivity index (χ4n) is 0.917. The topological polar surface area (TPSA) is 39.3 Å². The second-order valence-electron chi connectivity index (χ2n) is 1.95. The number of rotatable bonds is 1. The summed E-state index contributed by atoms with van der Waals surface area (Å²) >= 11 is 0. The van der Waals surface area contributed by atoms with Gasteiger partial charge in [-0.1, -0.05) is 0 Å². The standard InChI is InChI=1S/C6H5N3O/c10-5-8-4-2-6-1-3-7-9(6)8/h1-5H. The van der Waals surface area contributed by atoms with Crippen molar-refractivity contribution in [2.45, 2.75) is 0 Å². The fraction of sp³-hybridized carbons (Fsp3) is 0. The molecule has 0 amide bonds. The molecule has 0 aliphatic carbocycles. The molecule has 2 heterocycles. The Morgan fingerprint density at radius 2 is 2.40 bits per heavy atom. The molecule has 2 aromatic heterocycles. The van der Waals surface area contributed by atoms with Gasteiger partial charge in [0.15, 0.2) is 0 Å². The van der Waals surface area contributed by atoms with Crippen LogP contribution in [0.2, 0.25) is 0 Å². The summed E-state index contributed by atoms with van der Waals surface area (Å²) in [4.78, 5) is 10.3. The molecule has 0 aliphatic heterocycles. The molecule has 0 unspecified atom stereocenters. The molecule has 0 spiro atoms. The van der Waals surface area contributed by atoms with E-state index in [1.165, 1.54) is 9.31 Å². The van der Waals surface area contributed by atoms with Crippen LogP contribution >= 0.6 is 0 Å². The minimum atomic E-state index is 0.708. The second kappa shape index (κ2) is 1.70. The minimum Gasteiger partial charge on any atom is -0.276 e. The Morgan fingerprint density at radius 1 is 1.50 bits per heavy atom. The molecule has 4 nitrogen and oxygen atoms in total. The van der Waals surface area contributed by atoms with E-state index in [2.05, 4.69) is 5.10 Å². The van der Waals surface area contributed by atoms with Crippen LogP contribution in [0.15, 0.2) is 24.5 Å². The lowest BCUT2D eigenvalue weighted by atomic mass is 10.5. The Bertz CT molecular complexity index is 360. The van der Waals surface area contributed by atoms with Crippen molar-refractivity contribution in [3.63, 3.8) is 0 Å². The lowest BCUT2D eigenvalue weighted by molar-refractivity contribution is 0.531. The molecule has 4 heteroatoms. The first-order valence-electron chi connectivity index (χ1n) is 2.88. The van der Waals surface area contributed by atoms with Crippen LogP contribution in [-0.2, 0) is 4.79 Å². The van der Waals surface area contributed by atoms with Gasteiger partial charge in [0.1, 0.15) is 0 Å². The maximum Gasteiger partial charge on any atom is 0.234 e. The van der Waals surface area contributed by atoms with E-state index in [9.17, 15) is 4.79 Å². The molecule has 0 aliphatic rings. The lowest BCUT2D eigenvalue weighted by Crippen LogP contribution is -2.02. The van der Waals surface area contributed by atoms with Crippen LogP contribution in [0.25, 0.3) is 5.52 Å². The average molecular weight is 135 g/mol. The second-order valence-corrected chi connectivity index (χ2v) is 1.95. The Kier molecular flexibility index (Phi) is 0.887. The van der Waals surface area contributed by atoms with Crippen molar-refractivity contribution in [3.05, 3.63) is 24.5 Å². The Hall–Kier alpha value is -1.58. The summed E-state index contributed by atoms with van der Waals surface area (Å²) in [6.45, 7) is 0. The Morgan fingerprint density at radius 3 is 3.20 bits per heavy atom. The third-order valence-electron chi connectivity index (χ3n) is 1.38. The highest BCUT2D eigenvalue weighted by molar-refractivity contribution is 5.55. The molecule has 2 rings (SSSR count). The van der Waals surface area contributed by atoms with E-state index < -0.39 is 0 Å². The van der Waals surface area contributed by atoms with E-state index >= 15 is 0 Å².